The molecule has 1 aliphatic rings. The minimum Gasteiger partial charge on any atom is -0.494 e. The lowest BCUT2D eigenvalue weighted by atomic mass is 10.2. The van der Waals surface area contributed by atoms with E-state index in [0.717, 1.165) is 49.1 Å². The van der Waals surface area contributed by atoms with Gasteiger partial charge in [-0.25, -0.2) is 0 Å². The molecule has 1 aromatic heterocycles. The predicted octanol–water partition coefficient (Wildman–Crippen LogP) is 4.25. The van der Waals surface area contributed by atoms with Crippen molar-refractivity contribution < 1.29 is 14.6 Å². The third-order valence-electron chi connectivity index (χ3n) is 5.14. The minimum atomic E-state index is 0.136. The molecule has 3 aromatic rings. The molecular formula is C22H25N3O3S. The van der Waals surface area contributed by atoms with E-state index in [1.807, 2.05) is 54.8 Å². The Kier molecular flexibility index (Phi) is 5.60. The maximum atomic E-state index is 10.8. The predicted molar refractivity (Wildman–Crippen MR) is 117 cm³/mol. The number of aromatic nitrogens is 2. The Labute approximate surface area is 175 Å². The SMILES string of the molecule is CCOc1ccc(-n2c(O)c(C)n(-c3ccc(N4CCOCC4)cc3)c2=S)cc1. The zero-order valence-corrected chi connectivity index (χ0v) is 17.5. The van der Waals surface area contributed by atoms with Gasteiger partial charge in [0.25, 0.3) is 0 Å². The molecule has 0 atom stereocenters. The first-order valence-electron chi connectivity index (χ1n) is 9.80. The van der Waals surface area contributed by atoms with Gasteiger partial charge in [-0.15, -0.1) is 0 Å². The van der Waals surface area contributed by atoms with Gasteiger partial charge in [0.2, 0.25) is 5.88 Å². The second-order valence-corrected chi connectivity index (χ2v) is 7.27. The van der Waals surface area contributed by atoms with Gasteiger partial charge >= 0.3 is 0 Å². The molecule has 4 rings (SSSR count). The van der Waals surface area contributed by atoms with Gasteiger partial charge in [-0.05, 0) is 74.6 Å². The fourth-order valence-electron chi connectivity index (χ4n) is 3.62. The Morgan fingerprint density at radius 1 is 0.931 bits per heavy atom. The summed E-state index contributed by atoms with van der Waals surface area (Å²) in [5.41, 5.74) is 3.58. The highest BCUT2D eigenvalue weighted by atomic mass is 32.1. The molecule has 152 valence electrons. The quantitative estimate of drug-likeness (QED) is 0.636. The first-order chi connectivity index (χ1) is 14.1. The largest absolute Gasteiger partial charge is 0.494 e. The molecule has 1 N–H and O–H groups in total. The average Bonchev–Trinajstić information content (AvgIpc) is 2.98. The van der Waals surface area contributed by atoms with Crippen LogP contribution in [0.1, 0.15) is 12.6 Å². The summed E-state index contributed by atoms with van der Waals surface area (Å²) in [5, 5.41) is 10.8. The summed E-state index contributed by atoms with van der Waals surface area (Å²) in [6.07, 6.45) is 0. The molecule has 0 unspecified atom stereocenters. The van der Waals surface area contributed by atoms with Crippen molar-refractivity contribution in [2.45, 2.75) is 13.8 Å². The monoisotopic (exact) mass is 411 g/mol. The second kappa shape index (κ2) is 8.31. The fourth-order valence-corrected chi connectivity index (χ4v) is 4.06. The van der Waals surface area contributed by atoms with Crippen molar-refractivity contribution in [2.24, 2.45) is 0 Å². The number of ether oxygens (including phenoxy) is 2. The van der Waals surface area contributed by atoms with E-state index in [9.17, 15) is 5.11 Å². The number of anilines is 1. The van der Waals surface area contributed by atoms with Crippen LogP contribution in [-0.4, -0.2) is 47.2 Å². The second-order valence-electron chi connectivity index (χ2n) is 6.91. The highest BCUT2D eigenvalue weighted by Crippen LogP contribution is 2.29. The molecule has 0 saturated carbocycles. The maximum Gasteiger partial charge on any atom is 0.218 e. The average molecular weight is 412 g/mol. The van der Waals surface area contributed by atoms with Gasteiger partial charge in [-0.3, -0.25) is 9.13 Å². The lowest BCUT2D eigenvalue weighted by Crippen LogP contribution is -2.36. The molecule has 0 aliphatic carbocycles. The molecule has 0 amide bonds. The lowest BCUT2D eigenvalue weighted by molar-refractivity contribution is 0.122. The number of rotatable bonds is 5. The Bertz CT molecular complexity index is 1030. The zero-order chi connectivity index (χ0) is 20.4. The van der Waals surface area contributed by atoms with Crippen molar-refractivity contribution in [3.05, 3.63) is 59.0 Å². The number of morpholine rings is 1. The summed E-state index contributed by atoms with van der Waals surface area (Å²) in [6, 6.07) is 15.8. The van der Waals surface area contributed by atoms with Crippen LogP contribution >= 0.6 is 12.2 Å². The van der Waals surface area contributed by atoms with E-state index in [1.54, 1.807) is 4.57 Å². The molecule has 2 heterocycles. The van der Waals surface area contributed by atoms with Crippen LogP contribution in [0.2, 0.25) is 0 Å². The summed E-state index contributed by atoms with van der Waals surface area (Å²) in [4.78, 5) is 2.31. The summed E-state index contributed by atoms with van der Waals surface area (Å²) >= 11 is 5.71. The number of hydrogen-bond donors (Lipinski definition) is 1. The van der Waals surface area contributed by atoms with Crippen LogP contribution in [0.15, 0.2) is 48.5 Å². The van der Waals surface area contributed by atoms with Gasteiger partial charge in [0, 0.05) is 24.5 Å². The van der Waals surface area contributed by atoms with Gasteiger partial charge in [-0.1, -0.05) is 0 Å². The Morgan fingerprint density at radius 2 is 1.48 bits per heavy atom. The van der Waals surface area contributed by atoms with E-state index < -0.39 is 0 Å². The number of aromatic hydroxyl groups is 1. The zero-order valence-electron chi connectivity index (χ0n) is 16.7. The van der Waals surface area contributed by atoms with Crippen LogP contribution in [0.3, 0.4) is 0 Å². The highest BCUT2D eigenvalue weighted by molar-refractivity contribution is 7.71. The molecular weight excluding hydrogens is 386 g/mol. The summed E-state index contributed by atoms with van der Waals surface area (Å²) in [5.74, 6) is 0.925. The smallest absolute Gasteiger partial charge is 0.218 e. The third-order valence-corrected chi connectivity index (χ3v) is 5.51. The number of imidazole rings is 1. The molecule has 1 aliphatic heterocycles. The lowest BCUT2D eigenvalue weighted by Gasteiger charge is -2.29. The first kappa shape index (κ1) is 19.5. The fraction of sp³-hybridized carbons (Fsp3) is 0.318. The van der Waals surface area contributed by atoms with Gasteiger partial charge in [0.1, 0.15) is 5.75 Å². The summed E-state index contributed by atoms with van der Waals surface area (Å²) < 4.78 is 15.0. The third kappa shape index (κ3) is 3.75. The Balaban J connectivity index is 1.68. The van der Waals surface area contributed by atoms with E-state index in [2.05, 4.69) is 17.0 Å². The van der Waals surface area contributed by atoms with Crippen molar-refractivity contribution in [2.75, 3.05) is 37.8 Å². The molecule has 1 fully saturated rings. The minimum absolute atomic E-state index is 0.136. The molecule has 0 bridgehead atoms. The normalized spacial score (nSPS) is 14.2. The van der Waals surface area contributed by atoms with Gasteiger partial charge in [-0.2, -0.15) is 0 Å². The molecule has 0 radical (unpaired) electrons. The number of benzene rings is 2. The van der Waals surface area contributed by atoms with E-state index in [4.69, 9.17) is 21.7 Å². The molecule has 29 heavy (non-hydrogen) atoms. The van der Waals surface area contributed by atoms with Crippen molar-refractivity contribution >= 4 is 17.9 Å². The molecule has 0 spiro atoms. The van der Waals surface area contributed by atoms with Gasteiger partial charge < -0.3 is 19.5 Å². The van der Waals surface area contributed by atoms with Crippen LogP contribution in [0.25, 0.3) is 11.4 Å². The van der Waals surface area contributed by atoms with Crippen molar-refractivity contribution in [3.63, 3.8) is 0 Å². The van der Waals surface area contributed by atoms with Crippen LogP contribution in [-0.2, 0) is 4.74 Å². The summed E-state index contributed by atoms with van der Waals surface area (Å²) in [7, 11) is 0. The Morgan fingerprint density at radius 3 is 2.10 bits per heavy atom. The summed E-state index contributed by atoms with van der Waals surface area (Å²) in [6.45, 7) is 7.73. The molecule has 6 nitrogen and oxygen atoms in total. The van der Waals surface area contributed by atoms with Gasteiger partial charge in [0.15, 0.2) is 4.77 Å². The van der Waals surface area contributed by atoms with Crippen LogP contribution < -0.4 is 9.64 Å². The molecule has 2 aromatic carbocycles. The van der Waals surface area contributed by atoms with E-state index in [0.29, 0.717) is 17.1 Å². The highest BCUT2D eigenvalue weighted by Gasteiger charge is 2.17. The number of hydrogen-bond acceptors (Lipinski definition) is 5. The Hall–Kier alpha value is -2.77. The van der Waals surface area contributed by atoms with Crippen molar-refractivity contribution in [1.29, 1.82) is 0 Å². The van der Waals surface area contributed by atoms with Crippen LogP contribution in [0, 0.1) is 11.7 Å². The first-order valence-corrected chi connectivity index (χ1v) is 10.2. The standard InChI is InChI=1S/C22H25N3O3S/c1-3-28-20-10-8-19(9-11-20)25-21(26)16(2)24(22(25)29)18-6-4-17(5-7-18)23-12-14-27-15-13-23/h4-11,26H,3,12-15H2,1-2H3. The topological polar surface area (TPSA) is 51.8 Å². The van der Waals surface area contributed by atoms with Crippen LogP contribution in [0.5, 0.6) is 11.6 Å². The van der Waals surface area contributed by atoms with E-state index in [-0.39, 0.29) is 5.88 Å². The number of nitrogens with zero attached hydrogens (tertiary/aromatic N) is 3. The van der Waals surface area contributed by atoms with E-state index >= 15 is 0 Å². The van der Waals surface area contributed by atoms with Crippen molar-refractivity contribution in [3.8, 4) is 23.0 Å². The van der Waals surface area contributed by atoms with Crippen molar-refractivity contribution in [1.82, 2.24) is 9.13 Å². The van der Waals surface area contributed by atoms with E-state index in [1.165, 1.54) is 0 Å². The molecule has 1 saturated heterocycles. The molecule has 7 heteroatoms. The van der Waals surface area contributed by atoms with Gasteiger partial charge in [0.05, 0.1) is 31.2 Å². The maximum absolute atomic E-state index is 10.8. The van der Waals surface area contributed by atoms with Crippen LogP contribution in [0.4, 0.5) is 5.69 Å².